The van der Waals surface area contributed by atoms with Gasteiger partial charge in [0.2, 0.25) is 0 Å². The molecule has 3 heterocycles. The summed E-state index contributed by atoms with van der Waals surface area (Å²) in [7, 11) is -5.31. The molecule has 0 spiro atoms. The van der Waals surface area contributed by atoms with Crippen LogP contribution in [0, 0.1) is 35.5 Å². The molecule has 0 amide bonds. The minimum absolute atomic E-state index is 0.0377. The summed E-state index contributed by atoms with van der Waals surface area (Å²) in [4.78, 5) is 15.8. The third-order valence-electron chi connectivity index (χ3n) is 20.5. The molecule has 2 bridgehead atoms. The molecule has 85 heavy (non-hydrogen) atoms. The van der Waals surface area contributed by atoms with Gasteiger partial charge in [0.15, 0.2) is 45.8 Å². The normalized spacial score (nSPS) is 38.2. The van der Waals surface area contributed by atoms with Crippen LogP contribution in [0.2, 0.25) is 75.5 Å². The molecule has 1 N–H and O–H groups in total. The molecule has 0 radical (unpaired) electrons. The monoisotopic (exact) mass is 1260 g/mol. The second-order valence-electron chi connectivity index (χ2n) is 32.1. The van der Waals surface area contributed by atoms with Crippen molar-refractivity contribution in [2.45, 2.75) is 309 Å². The van der Waals surface area contributed by atoms with Crippen molar-refractivity contribution in [3.8, 4) is 0 Å². The van der Waals surface area contributed by atoms with Crippen molar-refractivity contribution in [3.63, 3.8) is 0 Å². The number of carbonyl (C=O) groups is 1. The third kappa shape index (κ3) is 17.9. The van der Waals surface area contributed by atoms with Crippen LogP contribution in [0.5, 0.6) is 0 Å². The highest BCUT2D eigenvalue weighted by atomic mass is 28.4. The number of methoxy groups -OCH3 is 2. The Bertz CT molecular complexity index is 2380. The molecule has 1 unspecified atom stereocenters. The van der Waals surface area contributed by atoms with Crippen LogP contribution in [0.4, 0.5) is 0 Å². The molecule has 0 aromatic rings. The van der Waals surface area contributed by atoms with E-state index in [1.165, 1.54) is 0 Å². The van der Waals surface area contributed by atoms with E-state index in [-0.39, 0.29) is 76.2 Å². The lowest BCUT2D eigenvalue weighted by Crippen LogP contribution is -2.63. The Labute approximate surface area is 521 Å². The average Bonchev–Trinajstić information content (AvgIpc) is 1.70. The van der Waals surface area contributed by atoms with E-state index in [9.17, 15) is 5.11 Å². The summed E-state index contributed by atoms with van der Waals surface area (Å²) in [6.45, 7) is 53.7. The number of rotatable bonds is 19. The molecule has 3 aliphatic heterocycles. The van der Waals surface area contributed by atoms with E-state index in [1.807, 2.05) is 6.92 Å². The SMILES string of the molecule is CC[C@H](C)[C@@H](O[Si](C)(C)C)[C@@H](C)/[14CH]=C\C1(O)C[C@@H]2C/C=C(\C)[C@@H](O[C@H]3C[C@H](OC)[C@@H](O[C@H]4C[C@H](OC)[C@@H](O[Si](C)(C)C(C)(C)C)[C@H](C)O4)[C@H](C)O3)[C@@H](C)/C=C/C=C3CO[C@@H]4[C@H](O[Si](C)(C)C(C)(C)C)C(C)=C[C@@H](C(=O)C[C@@H](C2)C1)[C@]34O[Si](C)(C)C. The van der Waals surface area contributed by atoms with Crippen LogP contribution >= 0.6 is 0 Å². The number of allylic oxidation sites excluding steroid dienone is 3. The summed E-state index contributed by atoms with van der Waals surface area (Å²) in [6, 6.07) is 0. The Morgan fingerprint density at radius 3 is 1.89 bits per heavy atom. The molecule has 17 heteroatoms. The maximum atomic E-state index is 15.8. The van der Waals surface area contributed by atoms with Gasteiger partial charge in [-0.3, -0.25) is 4.79 Å². The van der Waals surface area contributed by atoms with E-state index in [1.54, 1.807) is 14.2 Å². The molecule has 6 aliphatic rings. The predicted molar refractivity (Wildman–Crippen MR) is 354 cm³/mol. The lowest BCUT2D eigenvalue weighted by atomic mass is 9.65. The van der Waals surface area contributed by atoms with E-state index >= 15 is 4.79 Å². The highest BCUT2D eigenvalue weighted by Crippen LogP contribution is 2.53. The highest BCUT2D eigenvalue weighted by molar-refractivity contribution is 6.74. The number of Topliss-reactive ketones (excluding diaryl/α,β-unsaturated/α-hetero) is 1. The average molecular weight is 1260 g/mol. The molecule has 0 aromatic heterocycles. The van der Waals surface area contributed by atoms with Crippen LogP contribution in [0.3, 0.4) is 0 Å². The van der Waals surface area contributed by atoms with E-state index in [0.717, 1.165) is 29.6 Å². The quantitative estimate of drug-likeness (QED) is 0.0970. The molecule has 20 atom stereocenters. The summed E-state index contributed by atoms with van der Waals surface area (Å²) in [5.74, 6) is -0.168. The fourth-order valence-corrected chi connectivity index (χ4v) is 19.0. The molecule has 13 nitrogen and oxygen atoms in total. The van der Waals surface area contributed by atoms with E-state index in [0.29, 0.717) is 51.0 Å². The van der Waals surface area contributed by atoms with Crippen LogP contribution in [0.15, 0.2) is 59.3 Å². The van der Waals surface area contributed by atoms with Crippen molar-refractivity contribution in [1.29, 1.82) is 0 Å². The zero-order valence-corrected chi connectivity index (χ0v) is 62.1. The summed E-state index contributed by atoms with van der Waals surface area (Å²) in [5, 5.41) is 13.0. The van der Waals surface area contributed by atoms with E-state index < -0.39 is 87.4 Å². The van der Waals surface area contributed by atoms with Crippen LogP contribution in [0.1, 0.15) is 148 Å². The Hall–Kier alpha value is -1.24. The molecular weight excluding hydrogens is 1140 g/mol. The van der Waals surface area contributed by atoms with Crippen molar-refractivity contribution in [3.05, 3.63) is 59.3 Å². The minimum Gasteiger partial charge on any atom is -0.414 e. The van der Waals surface area contributed by atoms with Gasteiger partial charge in [0.1, 0.15) is 23.6 Å². The largest absolute Gasteiger partial charge is 0.414 e. The van der Waals surface area contributed by atoms with Gasteiger partial charge in [-0.2, -0.15) is 0 Å². The zero-order valence-electron chi connectivity index (χ0n) is 58.1. The number of carbonyl (C=O) groups excluding carboxylic acids is 1. The molecule has 1 saturated carbocycles. The number of ketones is 1. The minimum atomic E-state index is -2.43. The Balaban J connectivity index is 1.38. The van der Waals surface area contributed by atoms with Crippen molar-refractivity contribution < 1.29 is 60.8 Å². The van der Waals surface area contributed by atoms with Crippen molar-refractivity contribution in [2.75, 3.05) is 20.8 Å². The fraction of sp³-hybridized carbons (Fsp3) is 0.838. The molecular formula is C68H122O13Si4. The summed E-state index contributed by atoms with van der Waals surface area (Å²) >= 11 is 0. The topological polar surface area (TPSA) is 139 Å². The zero-order chi connectivity index (χ0) is 63.8. The number of aliphatic hydroxyl groups is 1. The van der Waals surface area contributed by atoms with E-state index in [2.05, 4.69) is 198 Å². The smallest absolute Gasteiger partial charge is 0.193 e. The lowest BCUT2D eigenvalue weighted by molar-refractivity contribution is -0.317. The summed E-state index contributed by atoms with van der Waals surface area (Å²) in [5.41, 5.74) is 0.805. The van der Waals surface area contributed by atoms with Gasteiger partial charge in [-0.15, -0.1) is 0 Å². The van der Waals surface area contributed by atoms with Crippen LogP contribution in [0.25, 0.3) is 0 Å². The summed E-state index contributed by atoms with van der Waals surface area (Å²) in [6.07, 6.45) is 15.9. The molecule has 3 saturated heterocycles. The van der Waals surface area contributed by atoms with Crippen molar-refractivity contribution >= 4 is 39.1 Å². The maximum Gasteiger partial charge on any atom is 0.193 e. The van der Waals surface area contributed by atoms with Gasteiger partial charge in [-0.25, -0.2) is 0 Å². The molecule has 4 fully saturated rings. The fourth-order valence-electron chi connectivity index (χ4n) is 13.7. The first kappa shape index (κ1) is 72.8. The van der Waals surface area contributed by atoms with Crippen LogP contribution in [-0.4, -0.2) is 150 Å². The van der Waals surface area contributed by atoms with Gasteiger partial charge in [0.05, 0.1) is 67.0 Å². The van der Waals surface area contributed by atoms with Gasteiger partial charge >= 0.3 is 0 Å². The van der Waals surface area contributed by atoms with E-state index in [4.69, 9.17) is 50.9 Å². The predicted octanol–water partition coefficient (Wildman–Crippen LogP) is 15.4. The van der Waals surface area contributed by atoms with Gasteiger partial charge in [-0.05, 0) is 169 Å². The first-order valence-electron chi connectivity index (χ1n) is 32.8. The molecule has 0 aromatic carbocycles. The Kier molecular flexibility index (Phi) is 24.3. The van der Waals surface area contributed by atoms with Crippen molar-refractivity contribution in [2.24, 2.45) is 35.5 Å². The number of fused-ring (bicyclic) bond motifs is 2. The molecule has 488 valence electrons. The Morgan fingerprint density at radius 2 is 1.33 bits per heavy atom. The van der Waals surface area contributed by atoms with Gasteiger partial charge in [-0.1, -0.05) is 118 Å². The maximum absolute atomic E-state index is 15.8. The summed E-state index contributed by atoms with van der Waals surface area (Å²) < 4.78 is 75.7. The first-order chi connectivity index (χ1) is 39.1. The Morgan fingerprint density at radius 1 is 0.765 bits per heavy atom. The lowest BCUT2D eigenvalue weighted by Gasteiger charge is -2.51. The van der Waals surface area contributed by atoms with Crippen LogP contribution < -0.4 is 0 Å². The van der Waals surface area contributed by atoms with Crippen LogP contribution in [-0.2, 0) is 55.7 Å². The molecule has 6 rings (SSSR count). The van der Waals surface area contributed by atoms with Gasteiger partial charge < -0.3 is 56.0 Å². The standard InChI is InChI=1S/C68H122O13Si4/c1-27-43(2)60(78-82(17,18)19)46(5)33-34-67(70)40-50-32-31-45(4)59(76-57-38-55(71-15)62(48(7)74-57)77-58-39-56(72-16)63(49(8)75-58)80-85(25,26)66(12,13)14)44(3)29-28-30-52-42-73-64-61(79-84(23,24)65(9,10)11)47(6)35-53(54(69)37-51(36-50)41-67)68(52,64)81-83(20,21)22/h28-31,33-35,43-44,46,48-51,53,55-64,70H,27,32,36-42H2,1-26H3/b29-28+,34-33-,45-31+,52-30?/t43-,44-,46-,48-,49-,50+,51+,53-,55-,56-,57-,58-,59-,60+,61+,62-,63-,64+,67?,68+/m0/s1/i33+2. The number of hydrogen-bond acceptors (Lipinski definition) is 13. The third-order valence-corrected chi connectivity index (χ3v) is 31.3. The van der Waals surface area contributed by atoms with Crippen molar-refractivity contribution in [1.82, 2.24) is 0 Å². The van der Waals surface area contributed by atoms with Gasteiger partial charge in [0, 0.05) is 39.4 Å². The number of ether oxygens (including phenoxy) is 7. The second-order valence-corrected chi connectivity index (χ2v) is 50.5. The highest BCUT2D eigenvalue weighted by Gasteiger charge is 2.63. The second kappa shape index (κ2) is 28.3. The first-order valence-corrected chi connectivity index (χ1v) is 45.4. The molecule has 3 aliphatic carbocycles. The van der Waals surface area contributed by atoms with Gasteiger partial charge in [0.25, 0.3) is 0 Å². The number of hydrogen-bond donors (Lipinski definition) is 1.